The molecule has 0 aromatic rings. The van der Waals surface area contributed by atoms with E-state index in [-0.39, 0.29) is 102 Å². The molecule has 3 radical (unpaired) electrons. The Morgan fingerprint density at radius 3 is 0.667 bits per heavy atom. The molecular weight excluding hydrogens is 297 g/mol. The number of rotatable bonds is 0. The second-order valence-electron chi connectivity index (χ2n) is 0. The molecule has 0 N–H and O–H groups in total. The van der Waals surface area contributed by atoms with Crippen molar-refractivity contribution in [3.63, 3.8) is 0 Å². The minimum Gasteiger partial charge on any atom is 0 e. The molecule has 0 nitrogen and oxygen atoms in total. The molecule has 0 aromatic carbocycles. The third-order valence-electron chi connectivity index (χ3n) is 0. The van der Waals surface area contributed by atoms with Gasteiger partial charge in [-0.25, -0.2) is 0 Å². The van der Waals surface area contributed by atoms with E-state index in [1.165, 1.54) is 0 Å². The van der Waals surface area contributed by atoms with E-state index >= 15 is 0 Å². The molecule has 0 rings (SSSR count). The number of hydrogen-bond acceptors (Lipinski definition) is 0. The molecule has 0 spiro atoms. The average molecular weight is 298 g/mol. The maximum absolute atomic E-state index is 0. The van der Waals surface area contributed by atoms with Crippen LogP contribution in [0.15, 0.2) is 0 Å². The van der Waals surface area contributed by atoms with Gasteiger partial charge < -0.3 is 0 Å². The predicted octanol–water partition coefficient (Wildman–Crippen LogP) is -0.661. The molecule has 0 aromatic heterocycles. The Morgan fingerprint density at radius 1 is 0.667 bits per heavy atom. The van der Waals surface area contributed by atoms with Gasteiger partial charge in [0.2, 0.25) is 0 Å². The average Bonchev–Trinajstić information content (AvgIpc) is 0. The fourth-order valence-corrected chi connectivity index (χ4v) is 0. The van der Waals surface area contributed by atoms with Gasteiger partial charge in [-0.15, -0.1) is 0 Å². The van der Waals surface area contributed by atoms with Crippen LogP contribution in [0.25, 0.3) is 0 Å². The molecule has 0 aliphatic heterocycles. The third kappa shape index (κ3) is 27.4. The van der Waals surface area contributed by atoms with Gasteiger partial charge >= 0.3 is 18.9 Å². The van der Waals surface area contributed by atoms with Gasteiger partial charge in [0.05, 0.1) is 0 Å². The Balaban J connectivity index is 0. The van der Waals surface area contributed by atoms with E-state index in [2.05, 4.69) is 0 Å². The van der Waals surface area contributed by atoms with E-state index in [0.717, 1.165) is 0 Å². The zero-order valence-electron chi connectivity index (χ0n) is 1.68. The van der Waals surface area contributed by atoms with Gasteiger partial charge in [0.15, 0.2) is 0 Å². The van der Waals surface area contributed by atoms with Crippen LogP contribution in [-0.4, -0.2) is 18.9 Å². The summed E-state index contributed by atoms with van der Waals surface area (Å²) in [5.74, 6) is 0. The van der Waals surface area contributed by atoms with Crippen molar-refractivity contribution in [2.75, 3.05) is 0 Å². The summed E-state index contributed by atoms with van der Waals surface area (Å²) in [4.78, 5) is 0. The molecule has 0 aliphatic carbocycles. The van der Waals surface area contributed by atoms with Gasteiger partial charge in [0.1, 0.15) is 0 Å². The van der Waals surface area contributed by atoms with E-state index in [4.69, 9.17) is 0 Å². The maximum Gasteiger partial charge on any atom is 0 e. The smallest absolute Gasteiger partial charge is 0 e. The van der Waals surface area contributed by atoms with E-state index < -0.39 is 0 Å². The summed E-state index contributed by atoms with van der Waals surface area (Å²) < 4.78 is 0. The Morgan fingerprint density at radius 2 is 0.667 bits per heavy atom. The second kappa shape index (κ2) is 42.3. The summed E-state index contributed by atoms with van der Waals surface area (Å²) in [6, 6.07) is 0. The van der Waals surface area contributed by atoms with Crippen LogP contribution in [-0.2, 0) is 83.6 Å². The van der Waals surface area contributed by atoms with Gasteiger partial charge in [-0.05, 0) is 0 Å². The molecule has 0 bridgehead atoms. The molecule has 47 valence electrons. The Hall–Kier alpha value is 3.12. The fraction of sp³-hybridized carbons (Fsp3) is 0. The minimum atomic E-state index is 0. The van der Waals surface area contributed by atoms with E-state index in [0.29, 0.717) is 0 Å². The van der Waals surface area contributed by atoms with E-state index in [1.54, 1.807) is 0 Å². The van der Waals surface area contributed by atoms with Crippen LogP contribution < -0.4 is 0 Å². The van der Waals surface area contributed by atoms with Crippen LogP contribution in [0.3, 0.4) is 0 Å². The normalized spacial score (nSPS) is 0. The number of hydrogen-bond donors (Lipinski definition) is 0. The van der Waals surface area contributed by atoms with Gasteiger partial charge in [-0.1, -0.05) is 0 Å². The molecule has 0 aliphatic rings. The van der Waals surface area contributed by atoms with Gasteiger partial charge in [-0.2, -0.15) is 0 Å². The van der Waals surface area contributed by atoms with Crippen molar-refractivity contribution < 1.29 is 83.6 Å². The van der Waals surface area contributed by atoms with Crippen molar-refractivity contribution in [2.45, 2.75) is 0 Å². The largest absolute Gasteiger partial charge is 0 e. The topological polar surface area (TPSA) is 0 Å². The van der Waals surface area contributed by atoms with Crippen LogP contribution in [0.1, 0.15) is 0 Å². The van der Waals surface area contributed by atoms with Crippen molar-refractivity contribution >= 4 is 18.9 Å². The Bertz CT molecular complexity index is 11.5. The summed E-state index contributed by atoms with van der Waals surface area (Å²) in [6.45, 7) is 0. The quantitative estimate of drug-likeness (QED) is 0.521. The van der Waals surface area contributed by atoms with E-state index in [9.17, 15) is 0 Å². The molecule has 0 heterocycles. The molecule has 6 heteroatoms. The molecule has 0 saturated heterocycles. The molecule has 0 atom stereocenters. The first-order chi connectivity index (χ1) is 0. The van der Waals surface area contributed by atoms with Crippen molar-refractivity contribution in [3.05, 3.63) is 0 Å². The zero-order valence-corrected chi connectivity index (χ0v) is 6.91. The van der Waals surface area contributed by atoms with Gasteiger partial charge in [0, 0.05) is 83.6 Å². The summed E-state index contributed by atoms with van der Waals surface area (Å²) in [5.41, 5.74) is 0. The first-order valence-electron chi connectivity index (χ1n) is 0. The van der Waals surface area contributed by atoms with Crippen LogP contribution >= 0.6 is 0 Å². The van der Waals surface area contributed by atoms with Gasteiger partial charge in [-0.3, -0.25) is 0 Å². The Labute approximate surface area is 101 Å². The van der Waals surface area contributed by atoms with E-state index in [1.807, 2.05) is 0 Å². The van der Waals surface area contributed by atoms with Gasteiger partial charge in [0.25, 0.3) is 0 Å². The van der Waals surface area contributed by atoms with Crippen LogP contribution in [0.5, 0.6) is 0 Å². The minimum absolute atomic E-state index is 0. The third-order valence-corrected chi connectivity index (χ3v) is 0. The van der Waals surface area contributed by atoms with Crippen molar-refractivity contribution in [2.24, 2.45) is 0 Å². The standard InChI is InChI=1S/2Co.Li.Mn.2Ni.H. The summed E-state index contributed by atoms with van der Waals surface area (Å²) in [5, 5.41) is 0. The summed E-state index contributed by atoms with van der Waals surface area (Å²) in [7, 11) is 0. The van der Waals surface area contributed by atoms with Crippen molar-refractivity contribution in [3.8, 4) is 0 Å². The first kappa shape index (κ1) is 61.8. The summed E-state index contributed by atoms with van der Waals surface area (Å²) in [6.07, 6.45) is 0. The monoisotopic (exact) mass is 297 g/mol. The summed E-state index contributed by atoms with van der Waals surface area (Å²) >= 11 is 0. The predicted molar refractivity (Wildman–Crippen MR) is 7.15 cm³/mol. The van der Waals surface area contributed by atoms with Crippen LogP contribution in [0.4, 0.5) is 0 Å². The zero-order chi connectivity index (χ0) is 0. The maximum atomic E-state index is 0. The second-order valence-corrected chi connectivity index (χ2v) is 0. The Kier molecular flexibility index (Phi) is 436. The van der Waals surface area contributed by atoms with Crippen molar-refractivity contribution in [1.82, 2.24) is 0 Å². The molecule has 6 heavy (non-hydrogen) atoms. The molecule has 0 saturated carbocycles. The molecule has 0 unspecified atom stereocenters. The molecular formula is HCo2LiMnNi2. The molecule has 0 fully saturated rings. The first-order valence-corrected chi connectivity index (χ1v) is 0. The fourth-order valence-electron chi connectivity index (χ4n) is 0. The van der Waals surface area contributed by atoms with Crippen LogP contribution in [0, 0.1) is 0 Å². The molecule has 0 amide bonds. The van der Waals surface area contributed by atoms with Crippen LogP contribution in [0.2, 0.25) is 0 Å². The van der Waals surface area contributed by atoms with Crippen molar-refractivity contribution in [1.29, 1.82) is 0 Å². The SMILES string of the molecule is [Co].[Co].[LiH].[Mn].[Ni].[Ni].